The highest BCUT2D eigenvalue weighted by molar-refractivity contribution is 7.13. The Morgan fingerprint density at radius 2 is 2.43 bits per heavy atom. The number of aryl methyl sites for hydroxylation is 1. The summed E-state index contributed by atoms with van der Waals surface area (Å²) in [4.78, 5) is 15.3. The lowest BCUT2D eigenvalue weighted by atomic mass is 9.91. The van der Waals surface area contributed by atoms with Crippen molar-refractivity contribution in [2.24, 2.45) is 11.7 Å². The number of carbonyl (C=O) groups is 1. The summed E-state index contributed by atoms with van der Waals surface area (Å²) in [6, 6.07) is 0. The summed E-state index contributed by atoms with van der Waals surface area (Å²) in [7, 11) is 0. The summed E-state index contributed by atoms with van der Waals surface area (Å²) in [5.74, 6) is 0.623. The first-order valence-corrected chi connectivity index (χ1v) is 7.83. The van der Waals surface area contributed by atoms with Crippen molar-refractivity contribution in [1.29, 1.82) is 5.41 Å². The maximum atomic E-state index is 11.0. The predicted octanol–water partition coefficient (Wildman–Crippen LogP) is 2.86. The lowest BCUT2D eigenvalue weighted by Crippen LogP contribution is -2.11. The summed E-state index contributed by atoms with van der Waals surface area (Å²) in [5.41, 5.74) is 7.55. The maximum absolute atomic E-state index is 11.0. The van der Waals surface area contributed by atoms with Crippen LogP contribution < -0.4 is 11.1 Å². The van der Waals surface area contributed by atoms with E-state index in [9.17, 15) is 4.79 Å². The summed E-state index contributed by atoms with van der Waals surface area (Å²) < 4.78 is 0. The fourth-order valence-electron chi connectivity index (χ4n) is 2.24. The van der Waals surface area contributed by atoms with Gasteiger partial charge in [-0.05, 0) is 30.8 Å². The number of aromatic nitrogens is 1. The number of carbonyl (C=O) groups excluding carboxylic acids is 1. The van der Waals surface area contributed by atoms with Gasteiger partial charge in [-0.15, -0.1) is 11.3 Å². The van der Waals surface area contributed by atoms with Crippen molar-refractivity contribution in [2.45, 2.75) is 32.6 Å². The van der Waals surface area contributed by atoms with E-state index in [0.29, 0.717) is 17.5 Å². The number of allylic oxidation sites excluding steroid dienone is 3. The highest BCUT2D eigenvalue weighted by Gasteiger charge is 2.11. The van der Waals surface area contributed by atoms with E-state index in [1.54, 1.807) is 0 Å². The van der Waals surface area contributed by atoms with Gasteiger partial charge in [0.1, 0.15) is 0 Å². The van der Waals surface area contributed by atoms with Crippen LogP contribution in [-0.2, 0) is 11.2 Å². The largest absolute Gasteiger partial charge is 0.387 e. The molecule has 5 nitrogen and oxygen atoms in total. The second-order valence-electron chi connectivity index (χ2n) is 5.20. The monoisotopic (exact) mass is 304 g/mol. The Bertz CT molecular complexity index is 588. The van der Waals surface area contributed by atoms with Gasteiger partial charge in [0, 0.05) is 18.7 Å². The van der Waals surface area contributed by atoms with Crippen LogP contribution in [-0.4, -0.2) is 16.7 Å². The van der Waals surface area contributed by atoms with Gasteiger partial charge in [-0.3, -0.25) is 10.2 Å². The number of nitrogens with zero attached hydrogens (tertiary/aromatic N) is 1. The molecule has 1 aliphatic carbocycles. The standard InChI is InChI=1S/C15H20N4OS/c1-10(20)18-15-19-13(9-21-15)7-6-11-2-4-12(5-3-11)8-14(16)17/h2,4-5,9,11H,3,6-8H2,1H3,(H3,16,17)(H,18,19,20). The van der Waals surface area contributed by atoms with E-state index >= 15 is 0 Å². The van der Waals surface area contributed by atoms with Crippen LogP contribution in [0.1, 0.15) is 31.9 Å². The van der Waals surface area contributed by atoms with Crippen molar-refractivity contribution in [3.63, 3.8) is 0 Å². The van der Waals surface area contributed by atoms with E-state index in [0.717, 1.165) is 30.5 Å². The van der Waals surface area contributed by atoms with Crippen LogP contribution in [0.4, 0.5) is 5.13 Å². The third-order valence-corrected chi connectivity index (χ3v) is 4.07. The molecular formula is C15H20N4OS. The van der Waals surface area contributed by atoms with E-state index in [1.165, 1.54) is 18.3 Å². The van der Waals surface area contributed by atoms with Crippen LogP contribution in [0.25, 0.3) is 0 Å². The Morgan fingerprint density at radius 3 is 3.05 bits per heavy atom. The molecular weight excluding hydrogens is 284 g/mol. The fraction of sp³-hybridized carbons (Fsp3) is 0.400. The lowest BCUT2D eigenvalue weighted by molar-refractivity contribution is -0.114. The van der Waals surface area contributed by atoms with Crippen LogP contribution in [0.2, 0.25) is 0 Å². The lowest BCUT2D eigenvalue weighted by Gasteiger charge is -2.15. The van der Waals surface area contributed by atoms with Crippen LogP contribution in [0.5, 0.6) is 0 Å². The molecule has 1 aliphatic rings. The van der Waals surface area contributed by atoms with Gasteiger partial charge >= 0.3 is 0 Å². The number of hydrogen-bond acceptors (Lipinski definition) is 4. The Morgan fingerprint density at radius 1 is 1.62 bits per heavy atom. The smallest absolute Gasteiger partial charge is 0.223 e. The Kier molecular flexibility index (Phi) is 5.27. The second kappa shape index (κ2) is 7.17. The molecule has 6 heteroatoms. The first kappa shape index (κ1) is 15.4. The van der Waals surface area contributed by atoms with Crippen molar-refractivity contribution in [3.05, 3.63) is 34.9 Å². The van der Waals surface area contributed by atoms with Crippen LogP contribution in [0, 0.1) is 11.3 Å². The minimum absolute atomic E-state index is 0.0887. The van der Waals surface area contributed by atoms with Gasteiger partial charge in [-0.1, -0.05) is 18.2 Å². The minimum atomic E-state index is -0.0887. The van der Waals surface area contributed by atoms with Gasteiger partial charge in [0.05, 0.1) is 11.5 Å². The predicted molar refractivity (Wildman–Crippen MR) is 86.6 cm³/mol. The third kappa shape index (κ3) is 5.15. The third-order valence-electron chi connectivity index (χ3n) is 3.27. The number of nitrogens with one attached hydrogen (secondary N) is 2. The van der Waals surface area contributed by atoms with Crippen molar-refractivity contribution in [3.8, 4) is 0 Å². The number of hydrogen-bond donors (Lipinski definition) is 3. The summed E-state index contributed by atoms with van der Waals surface area (Å²) in [5, 5.41) is 12.7. The number of anilines is 1. The van der Waals surface area contributed by atoms with Gasteiger partial charge in [0.15, 0.2) is 5.13 Å². The average Bonchev–Trinajstić information content (AvgIpc) is 2.84. The van der Waals surface area contributed by atoms with Crippen molar-refractivity contribution in [1.82, 2.24) is 4.98 Å². The average molecular weight is 304 g/mol. The molecule has 0 radical (unpaired) electrons. The zero-order valence-corrected chi connectivity index (χ0v) is 12.9. The van der Waals surface area contributed by atoms with Crippen molar-refractivity contribution < 1.29 is 4.79 Å². The van der Waals surface area contributed by atoms with Crippen LogP contribution in [0.15, 0.2) is 29.2 Å². The van der Waals surface area contributed by atoms with Gasteiger partial charge in [0.2, 0.25) is 5.91 Å². The van der Waals surface area contributed by atoms with Crippen molar-refractivity contribution >= 4 is 28.2 Å². The molecule has 21 heavy (non-hydrogen) atoms. The zero-order chi connectivity index (χ0) is 15.2. The van der Waals surface area contributed by atoms with Gasteiger partial charge in [-0.25, -0.2) is 4.98 Å². The molecule has 1 unspecified atom stereocenters. The number of nitrogens with two attached hydrogens (primary N) is 1. The van der Waals surface area contributed by atoms with E-state index in [-0.39, 0.29) is 11.7 Å². The van der Waals surface area contributed by atoms with E-state index in [1.807, 2.05) is 5.38 Å². The number of rotatable bonds is 6. The van der Waals surface area contributed by atoms with E-state index in [2.05, 4.69) is 28.5 Å². The first-order valence-electron chi connectivity index (χ1n) is 6.95. The quantitative estimate of drug-likeness (QED) is 0.557. The Hall–Kier alpha value is -1.95. The molecule has 112 valence electrons. The normalized spacial score (nSPS) is 17.4. The molecule has 1 aromatic rings. The zero-order valence-electron chi connectivity index (χ0n) is 12.1. The molecule has 1 heterocycles. The second-order valence-corrected chi connectivity index (χ2v) is 6.06. The van der Waals surface area contributed by atoms with E-state index < -0.39 is 0 Å². The van der Waals surface area contributed by atoms with Gasteiger partial charge in [-0.2, -0.15) is 0 Å². The summed E-state index contributed by atoms with van der Waals surface area (Å²) in [6.07, 6.45) is 9.89. The molecule has 0 bridgehead atoms. The molecule has 1 amide bonds. The SMILES string of the molecule is CC(=O)Nc1nc(CCC2C=CC(CC(=N)N)=CC2)cs1. The molecule has 0 aliphatic heterocycles. The number of thiazole rings is 1. The molecule has 1 atom stereocenters. The first-order chi connectivity index (χ1) is 10.0. The molecule has 1 aromatic heterocycles. The molecule has 0 saturated heterocycles. The molecule has 4 N–H and O–H groups in total. The Labute approximate surface area is 128 Å². The molecule has 0 spiro atoms. The molecule has 0 saturated carbocycles. The number of amides is 1. The molecule has 2 rings (SSSR count). The fourth-order valence-corrected chi connectivity index (χ4v) is 3.03. The highest BCUT2D eigenvalue weighted by Crippen LogP contribution is 2.24. The Balaban J connectivity index is 1.78. The molecule has 0 aromatic carbocycles. The van der Waals surface area contributed by atoms with Crippen LogP contribution in [0.3, 0.4) is 0 Å². The van der Waals surface area contributed by atoms with Gasteiger partial charge < -0.3 is 11.1 Å². The van der Waals surface area contributed by atoms with Crippen LogP contribution >= 0.6 is 11.3 Å². The summed E-state index contributed by atoms with van der Waals surface area (Å²) in [6.45, 7) is 1.48. The minimum Gasteiger partial charge on any atom is -0.387 e. The molecule has 0 fully saturated rings. The highest BCUT2D eigenvalue weighted by atomic mass is 32.1. The number of amidine groups is 1. The van der Waals surface area contributed by atoms with Gasteiger partial charge in [0.25, 0.3) is 0 Å². The van der Waals surface area contributed by atoms with Crippen molar-refractivity contribution in [2.75, 3.05) is 5.32 Å². The topological polar surface area (TPSA) is 91.9 Å². The van der Waals surface area contributed by atoms with E-state index in [4.69, 9.17) is 11.1 Å². The maximum Gasteiger partial charge on any atom is 0.223 e. The summed E-state index contributed by atoms with van der Waals surface area (Å²) >= 11 is 1.46.